The van der Waals surface area contributed by atoms with Gasteiger partial charge in [0.15, 0.2) is 0 Å². The molecule has 0 bridgehead atoms. The van der Waals surface area contributed by atoms with Crippen LogP contribution in [0.4, 0.5) is 0 Å². The summed E-state index contributed by atoms with van der Waals surface area (Å²) in [5.74, 6) is 0. The van der Waals surface area contributed by atoms with Crippen LogP contribution in [0.3, 0.4) is 0 Å². The average molecular weight is 170 g/mol. The number of rotatable bonds is 2. The zero-order valence-corrected chi connectivity index (χ0v) is 7.44. The molecule has 0 aromatic heterocycles. The summed E-state index contributed by atoms with van der Waals surface area (Å²) in [6.07, 6.45) is 3.77. The van der Waals surface area contributed by atoms with Gasteiger partial charge >= 0.3 is 0 Å². The second-order valence-electron chi connectivity index (χ2n) is 1.66. The van der Waals surface area contributed by atoms with Crippen LogP contribution in [-0.2, 0) is 9.59 Å². The van der Waals surface area contributed by atoms with Gasteiger partial charge in [-0.1, -0.05) is 26.0 Å². The largest absolute Gasteiger partial charge is 0.231 e. The Bertz CT molecular complexity index is 146. The van der Waals surface area contributed by atoms with Crippen molar-refractivity contribution in [2.75, 3.05) is 0 Å². The Balaban J connectivity index is -0.000000115. The highest BCUT2D eigenvalue weighted by atomic mass is 16.1. The highest BCUT2D eigenvalue weighted by Crippen LogP contribution is 1.98. The second-order valence-corrected chi connectivity index (χ2v) is 1.66. The highest BCUT2D eigenvalue weighted by molar-refractivity contribution is 5.26. The number of hydrogen-bond donors (Lipinski definition) is 2. The number of carbonyl (C=O) groups excluding carboxylic acids is 2. The SMILES string of the molecule is C=C(CC)CC.N=C=O.N=C=O. The molecule has 0 unspecified atom stereocenters. The molecule has 2 N–H and O–H groups in total. The van der Waals surface area contributed by atoms with E-state index in [2.05, 4.69) is 20.4 Å². The van der Waals surface area contributed by atoms with E-state index in [4.69, 9.17) is 20.4 Å². The lowest BCUT2D eigenvalue weighted by molar-refractivity contribution is 0.562. The molecule has 0 radical (unpaired) electrons. The van der Waals surface area contributed by atoms with Gasteiger partial charge < -0.3 is 0 Å². The first-order valence-corrected chi connectivity index (χ1v) is 3.38. The number of allylic oxidation sites excluding steroid dienone is 1. The molecule has 0 fully saturated rings. The summed E-state index contributed by atoms with van der Waals surface area (Å²) in [5.41, 5.74) is 1.34. The molecule has 0 rings (SSSR count). The summed E-state index contributed by atoms with van der Waals surface area (Å²) < 4.78 is 0. The smallest absolute Gasteiger partial charge is 0.222 e. The molecule has 0 atom stereocenters. The van der Waals surface area contributed by atoms with Crippen LogP contribution < -0.4 is 0 Å². The van der Waals surface area contributed by atoms with E-state index in [9.17, 15) is 0 Å². The molecule has 0 aliphatic rings. The van der Waals surface area contributed by atoms with Crippen molar-refractivity contribution < 1.29 is 9.59 Å². The molecule has 0 aliphatic carbocycles. The Morgan fingerprint density at radius 2 is 1.33 bits per heavy atom. The van der Waals surface area contributed by atoms with Crippen molar-refractivity contribution in [1.82, 2.24) is 0 Å². The van der Waals surface area contributed by atoms with Crippen LogP contribution in [0.15, 0.2) is 12.2 Å². The summed E-state index contributed by atoms with van der Waals surface area (Å²) in [7, 11) is 0. The second kappa shape index (κ2) is 22.7. The normalized spacial score (nSPS) is 5.50. The third-order valence-electron chi connectivity index (χ3n) is 1.000. The van der Waals surface area contributed by atoms with Crippen molar-refractivity contribution in [3.05, 3.63) is 12.2 Å². The third-order valence-corrected chi connectivity index (χ3v) is 1.000. The van der Waals surface area contributed by atoms with E-state index in [1.54, 1.807) is 0 Å². The molecule has 4 heteroatoms. The molecule has 0 saturated carbocycles. The van der Waals surface area contributed by atoms with Crippen LogP contribution in [0, 0.1) is 10.8 Å². The standard InChI is InChI=1S/C6H12.2CHNO/c1-4-6(3)5-2;2*2-1-3/h3-5H2,1-2H3;2*2H. The number of nitrogens with one attached hydrogen (secondary N) is 2. The molecular formula is C8H14N2O2. The Morgan fingerprint density at radius 3 is 1.33 bits per heavy atom. The third kappa shape index (κ3) is 76.5. The topological polar surface area (TPSA) is 81.8 Å². The van der Waals surface area contributed by atoms with Gasteiger partial charge in [-0.05, 0) is 12.8 Å². The summed E-state index contributed by atoms with van der Waals surface area (Å²) in [4.78, 5) is 16.7. The molecule has 0 spiro atoms. The van der Waals surface area contributed by atoms with Crippen molar-refractivity contribution >= 4 is 12.2 Å². The molecule has 0 aliphatic heterocycles. The number of hydrogen-bond acceptors (Lipinski definition) is 4. The Morgan fingerprint density at radius 1 is 1.17 bits per heavy atom. The van der Waals surface area contributed by atoms with Crippen LogP contribution in [0.25, 0.3) is 0 Å². The van der Waals surface area contributed by atoms with Gasteiger partial charge in [-0.3, -0.25) is 0 Å². The predicted molar refractivity (Wildman–Crippen MR) is 46.5 cm³/mol. The average Bonchev–Trinajstić information content (AvgIpc) is 2.06. The van der Waals surface area contributed by atoms with E-state index in [1.165, 1.54) is 5.57 Å². The van der Waals surface area contributed by atoms with Crippen LogP contribution in [0.1, 0.15) is 26.7 Å². The van der Waals surface area contributed by atoms with Gasteiger partial charge in [-0.25, -0.2) is 20.4 Å². The first-order valence-electron chi connectivity index (χ1n) is 3.38. The lowest BCUT2D eigenvalue weighted by Crippen LogP contribution is -1.68. The quantitative estimate of drug-likeness (QED) is 0.378. The minimum absolute atomic E-state index is 0.750. The minimum Gasteiger partial charge on any atom is -0.222 e. The van der Waals surface area contributed by atoms with Crippen LogP contribution in [0.2, 0.25) is 0 Å². The maximum atomic E-state index is 8.35. The fraction of sp³-hybridized carbons (Fsp3) is 0.500. The van der Waals surface area contributed by atoms with Crippen molar-refractivity contribution in [1.29, 1.82) is 10.8 Å². The van der Waals surface area contributed by atoms with Crippen molar-refractivity contribution in [3.8, 4) is 0 Å². The molecule has 0 aromatic carbocycles. The molecule has 0 saturated heterocycles. The summed E-state index contributed by atoms with van der Waals surface area (Å²) in [6, 6.07) is 0. The molecule has 0 amide bonds. The molecule has 4 nitrogen and oxygen atoms in total. The first kappa shape index (κ1) is 16.8. The fourth-order valence-corrected chi connectivity index (χ4v) is 0.250. The van der Waals surface area contributed by atoms with E-state index in [-0.39, 0.29) is 0 Å². The zero-order valence-electron chi connectivity index (χ0n) is 7.44. The Hall–Kier alpha value is -1.50. The van der Waals surface area contributed by atoms with Crippen LogP contribution in [0.5, 0.6) is 0 Å². The van der Waals surface area contributed by atoms with Crippen LogP contribution in [-0.4, -0.2) is 12.2 Å². The van der Waals surface area contributed by atoms with E-state index in [0.29, 0.717) is 0 Å². The van der Waals surface area contributed by atoms with E-state index in [1.807, 2.05) is 0 Å². The maximum absolute atomic E-state index is 8.35. The number of isocyanates is 2. The summed E-state index contributed by atoms with van der Waals surface area (Å²) >= 11 is 0. The van der Waals surface area contributed by atoms with Gasteiger partial charge in [0, 0.05) is 0 Å². The monoisotopic (exact) mass is 170 g/mol. The molecule has 12 heavy (non-hydrogen) atoms. The van der Waals surface area contributed by atoms with Gasteiger partial charge in [0.25, 0.3) is 0 Å². The van der Waals surface area contributed by atoms with E-state index >= 15 is 0 Å². The van der Waals surface area contributed by atoms with Crippen LogP contribution >= 0.6 is 0 Å². The lowest BCUT2D eigenvalue weighted by atomic mass is 10.2. The van der Waals surface area contributed by atoms with Gasteiger partial charge in [-0.2, -0.15) is 0 Å². The van der Waals surface area contributed by atoms with E-state index in [0.717, 1.165) is 25.0 Å². The Labute approximate surface area is 72.3 Å². The predicted octanol–water partition coefficient (Wildman–Crippen LogP) is 2.16. The fourth-order valence-electron chi connectivity index (χ4n) is 0.250. The van der Waals surface area contributed by atoms with Gasteiger partial charge in [0.1, 0.15) is 0 Å². The molecule has 68 valence electrons. The van der Waals surface area contributed by atoms with Gasteiger partial charge in [-0.15, -0.1) is 0 Å². The first-order chi connectivity index (χ1) is 5.64. The molecule has 0 aromatic rings. The summed E-state index contributed by atoms with van der Waals surface area (Å²) in [5, 5.41) is 10.8. The zero-order chi connectivity index (χ0) is 10.4. The van der Waals surface area contributed by atoms with Crippen molar-refractivity contribution in [2.45, 2.75) is 26.7 Å². The maximum Gasteiger partial charge on any atom is 0.231 e. The van der Waals surface area contributed by atoms with Crippen molar-refractivity contribution in [2.24, 2.45) is 0 Å². The van der Waals surface area contributed by atoms with Crippen molar-refractivity contribution in [3.63, 3.8) is 0 Å². The molecule has 0 heterocycles. The summed E-state index contributed by atoms with van der Waals surface area (Å²) in [6.45, 7) is 8.05. The van der Waals surface area contributed by atoms with E-state index < -0.39 is 0 Å². The molecular weight excluding hydrogens is 156 g/mol. The van der Waals surface area contributed by atoms with Gasteiger partial charge in [0.2, 0.25) is 12.2 Å². The highest BCUT2D eigenvalue weighted by Gasteiger charge is 1.78. The lowest BCUT2D eigenvalue weighted by Gasteiger charge is -1.89. The Kier molecular flexibility index (Phi) is 31.9. The van der Waals surface area contributed by atoms with Gasteiger partial charge in [0.05, 0.1) is 0 Å². The minimum atomic E-state index is 0.750.